The van der Waals surface area contributed by atoms with Crippen LogP contribution in [0, 0.1) is 0 Å². The Morgan fingerprint density at radius 2 is 1.92 bits per heavy atom. The van der Waals surface area contributed by atoms with Crippen LogP contribution in [0.4, 0.5) is 0 Å². The van der Waals surface area contributed by atoms with Gasteiger partial charge in [-0.3, -0.25) is 4.79 Å². The van der Waals surface area contributed by atoms with E-state index < -0.39 is 5.54 Å². The van der Waals surface area contributed by atoms with Gasteiger partial charge in [0.05, 0.1) is 7.11 Å². The van der Waals surface area contributed by atoms with Crippen molar-refractivity contribution in [3.05, 3.63) is 54.3 Å². The summed E-state index contributed by atoms with van der Waals surface area (Å²) in [5, 5.41) is 3.71. The number of amides is 1. The van der Waals surface area contributed by atoms with Crippen LogP contribution in [0.3, 0.4) is 0 Å². The number of methoxy groups -OCH3 is 1. The third-order valence-corrected chi connectivity index (χ3v) is 3.87. The molecule has 5 nitrogen and oxygen atoms in total. The molecule has 1 heterocycles. The first kappa shape index (κ1) is 17.0. The molecule has 3 aromatic rings. The third kappa shape index (κ3) is 3.67. The summed E-state index contributed by atoms with van der Waals surface area (Å²) < 4.78 is 11.1. The van der Waals surface area contributed by atoms with Gasteiger partial charge in [-0.15, -0.1) is 0 Å². The van der Waals surface area contributed by atoms with Crippen LogP contribution in [-0.4, -0.2) is 25.1 Å². The molecule has 0 unspecified atom stereocenters. The molecule has 5 heteroatoms. The lowest BCUT2D eigenvalue weighted by Gasteiger charge is -2.18. The number of fused-ring (bicyclic) bond motifs is 1. The molecule has 0 atom stereocenters. The van der Waals surface area contributed by atoms with Crippen molar-refractivity contribution in [3.63, 3.8) is 0 Å². The average Bonchev–Trinajstić information content (AvgIpc) is 2.98. The number of carbonyl (C=O) groups is 1. The van der Waals surface area contributed by atoms with Crippen LogP contribution < -0.4 is 15.8 Å². The van der Waals surface area contributed by atoms with E-state index >= 15 is 0 Å². The lowest BCUT2D eigenvalue weighted by molar-refractivity contribution is 0.0921. The summed E-state index contributed by atoms with van der Waals surface area (Å²) in [4.78, 5) is 12.7. The highest BCUT2D eigenvalue weighted by atomic mass is 16.5. The Balaban J connectivity index is 2.11. The molecule has 0 aliphatic heterocycles. The van der Waals surface area contributed by atoms with Crippen molar-refractivity contribution in [1.29, 1.82) is 0 Å². The van der Waals surface area contributed by atoms with Crippen molar-refractivity contribution in [3.8, 4) is 16.9 Å². The van der Waals surface area contributed by atoms with Crippen molar-refractivity contribution in [1.82, 2.24) is 5.32 Å². The van der Waals surface area contributed by atoms with Crippen LogP contribution in [-0.2, 0) is 0 Å². The maximum absolute atomic E-state index is 12.7. The molecule has 130 valence electrons. The van der Waals surface area contributed by atoms with E-state index in [4.69, 9.17) is 14.9 Å². The van der Waals surface area contributed by atoms with Crippen LogP contribution in [0.2, 0.25) is 0 Å². The zero-order valence-electron chi connectivity index (χ0n) is 14.6. The second kappa shape index (κ2) is 6.61. The smallest absolute Gasteiger partial charge is 0.287 e. The highest BCUT2D eigenvalue weighted by Crippen LogP contribution is 2.36. The Hall–Kier alpha value is -2.79. The Bertz CT molecular complexity index is 892. The summed E-state index contributed by atoms with van der Waals surface area (Å²) in [6.45, 7) is 4.06. The Labute approximate surface area is 146 Å². The van der Waals surface area contributed by atoms with Crippen LogP contribution in [0.5, 0.6) is 5.75 Å². The summed E-state index contributed by atoms with van der Waals surface area (Å²) in [6.07, 6.45) is 0. The number of hydrogen-bond donors (Lipinski definition) is 2. The Morgan fingerprint density at radius 1 is 1.20 bits per heavy atom. The predicted molar refractivity (Wildman–Crippen MR) is 98.8 cm³/mol. The fourth-order valence-electron chi connectivity index (χ4n) is 2.64. The number of ether oxygens (including phenoxy) is 1. The van der Waals surface area contributed by atoms with Gasteiger partial charge >= 0.3 is 0 Å². The number of nitrogens with one attached hydrogen (secondary N) is 1. The Kier molecular flexibility index (Phi) is 4.51. The van der Waals surface area contributed by atoms with Gasteiger partial charge < -0.3 is 20.2 Å². The van der Waals surface area contributed by atoms with Crippen molar-refractivity contribution in [2.24, 2.45) is 5.73 Å². The molecule has 0 aliphatic rings. The highest BCUT2D eigenvalue weighted by molar-refractivity contribution is 6.08. The molecule has 0 radical (unpaired) electrons. The molecule has 0 aliphatic carbocycles. The third-order valence-electron chi connectivity index (χ3n) is 3.87. The summed E-state index contributed by atoms with van der Waals surface area (Å²) in [5.41, 5.74) is 7.76. The van der Waals surface area contributed by atoms with Crippen LogP contribution in [0.25, 0.3) is 22.1 Å². The van der Waals surface area contributed by atoms with Gasteiger partial charge in [0.25, 0.3) is 5.91 Å². The number of rotatable bonds is 5. The van der Waals surface area contributed by atoms with Crippen molar-refractivity contribution in [2.75, 3.05) is 13.7 Å². The van der Waals surface area contributed by atoms with E-state index in [2.05, 4.69) is 5.32 Å². The largest absolute Gasteiger partial charge is 0.497 e. The number of carbonyl (C=O) groups excluding carboxylic acids is 1. The number of hydrogen-bond acceptors (Lipinski definition) is 4. The molecular weight excluding hydrogens is 316 g/mol. The first-order valence-electron chi connectivity index (χ1n) is 8.12. The predicted octanol–water partition coefficient (Wildman–Crippen LogP) is 3.58. The molecular formula is C20H22N2O3. The first-order valence-corrected chi connectivity index (χ1v) is 8.12. The number of furan rings is 1. The van der Waals surface area contributed by atoms with Gasteiger partial charge in [0.15, 0.2) is 0 Å². The van der Waals surface area contributed by atoms with Gasteiger partial charge in [-0.1, -0.05) is 30.3 Å². The van der Waals surface area contributed by atoms with Crippen LogP contribution >= 0.6 is 0 Å². The molecule has 0 saturated carbocycles. The molecule has 1 aromatic heterocycles. The van der Waals surface area contributed by atoms with Gasteiger partial charge in [-0.2, -0.15) is 0 Å². The van der Waals surface area contributed by atoms with Crippen molar-refractivity contribution >= 4 is 16.9 Å². The van der Waals surface area contributed by atoms with Crippen LogP contribution in [0.1, 0.15) is 24.4 Å². The maximum atomic E-state index is 12.7. The van der Waals surface area contributed by atoms with E-state index in [-0.39, 0.29) is 11.7 Å². The summed E-state index contributed by atoms with van der Waals surface area (Å²) in [6, 6.07) is 15.3. The molecule has 3 rings (SSSR count). The molecule has 3 N–H and O–H groups in total. The summed E-state index contributed by atoms with van der Waals surface area (Å²) >= 11 is 0. The highest BCUT2D eigenvalue weighted by Gasteiger charge is 2.23. The molecule has 1 amide bonds. The zero-order chi connectivity index (χ0) is 18.0. The van der Waals surface area contributed by atoms with E-state index in [0.29, 0.717) is 17.9 Å². The second-order valence-corrected chi connectivity index (χ2v) is 6.71. The quantitative estimate of drug-likeness (QED) is 0.745. The van der Waals surface area contributed by atoms with Gasteiger partial charge in [0.2, 0.25) is 5.76 Å². The van der Waals surface area contributed by atoms with E-state index in [1.807, 2.05) is 56.3 Å². The molecule has 2 aromatic carbocycles. The molecule has 0 spiro atoms. The average molecular weight is 338 g/mol. The lowest BCUT2D eigenvalue weighted by atomic mass is 10.0. The minimum absolute atomic E-state index is 0.277. The van der Waals surface area contributed by atoms with Crippen molar-refractivity contribution in [2.45, 2.75) is 19.4 Å². The minimum Gasteiger partial charge on any atom is -0.497 e. The maximum Gasteiger partial charge on any atom is 0.287 e. The molecule has 0 fully saturated rings. The second-order valence-electron chi connectivity index (χ2n) is 6.71. The first-order chi connectivity index (χ1) is 11.9. The van der Waals surface area contributed by atoms with E-state index in [0.717, 1.165) is 16.5 Å². The van der Waals surface area contributed by atoms with Gasteiger partial charge in [-0.05, 0) is 31.5 Å². The van der Waals surface area contributed by atoms with Crippen molar-refractivity contribution < 1.29 is 13.9 Å². The number of nitrogens with two attached hydrogens (primary N) is 1. The topological polar surface area (TPSA) is 77.5 Å². The Morgan fingerprint density at radius 3 is 2.56 bits per heavy atom. The summed E-state index contributed by atoms with van der Waals surface area (Å²) in [5.74, 6) is 0.669. The van der Waals surface area contributed by atoms with Crippen LogP contribution in [0.15, 0.2) is 52.9 Å². The zero-order valence-corrected chi connectivity index (χ0v) is 14.6. The molecule has 0 bridgehead atoms. The van der Waals surface area contributed by atoms with E-state index in [1.165, 1.54) is 0 Å². The minimum atomic E-state index is -0.502. The monoisotopic (exact) mass is 338 g/mol. The van der Waals surface area contributed by atoms with Gasteiger partial charge in [0, 0.05) is 29.1 Å². The summed E-state index contributed by atoms with van der Waals surface area (Å²) in [7, 11) is 1.60. The lowest BCUT2D eigenvalue weighted by Crippen LogP contribution is -2.45. The van der Waals surface area contributed by atoms with Gasteiger partial charge in [-0.25, -0.2) is 0 Å². The van der Waals surface area contributed by atoms with Gasteiger partial charge in [0.1, 0.15) is 11.3 Å². The standard InChI is InChI=1S/C20H22N2O3/c1-20(2,21)12-22-19(23)18-17(13-7-5-4-6-8-13)15-10-9-14(24-3)11-16(15)25-18/h4-11H,12,21H2,1-3H3,(H,22,23). The normalized spacial score (nSPS) is 11.5. The fourth-order valence-corrected chi connectivity index (χ4v) is 2.64. The molecule has 0 saturated heterocycles. The van der Waals surface area contributed by atoms with E-state index in [9.17, 15) is 4.79 Å². The molecule has 25 heavy (non-hydrogen) atoms. The number of benzene rings is 2. The fraction of sp³-hybridized carbons (Fsp3) is 0.250. The SMILES string of the molecule is COc1ccc2c(-c3ccccc3)c(C(=O)NCC(C)(C)N)oc2c1. The van der Waals surface area contributed by atoms with E-state index in [1.54, 1.807) is 13.2 Å².